The van der Waals surface area contributed by atoms with Crippen molar-refractivity contribution in [3.63, 3.8) is 0 Å². The van der Waals surface area contributed by atoms with E-state index in [0.717, 1.165) is 17.7 Å². The average molecular weight is 420 g/mol. The summed E-state index contributed by atoms with van der Waals surface area (Å²) < 4.78 is 17.9. The molecule has 0 spiro atoms. The summed E-state index contributed by atoms with van der Waals surface area (Å²) in [6.45, 7) is -0.0966. The molecule has 0 saturated heterocycles. The number of hydrogen-bond donors (Lipinski definition) is 2. The van der Waals surface area contributed by atoms with Crippen molar-refractivity contribution in [1.82, 2.24) is 5.32 Å². The van der Waals surface area contributed by atoms with E-state index in [1.54, 1.807) is 24.3 Å². The van der Waals surface area contributed by atoms with E-state index in [-0.39, 0.29) is 11.5 Å². The van der Waals surface area contributed by atoms with Crippen LogP contribution in [0.25, 0.3) is 0 Å². The molecule has 0 bridgehead atoms. The van der Waals surface area contributed by atoms with Gasteiger partial charge in [0.25, 0.3) is 11.8 Å². The normalized spacial score (nSPS) is 10.2. The molecule has 0 fully saturated rings. The first-order valence-electron chi connectivity index (χ1n) is 9.66. The van der Waals surface area contributed by atoms with Crippen LogP contribution in [0.1, 0.15) is 26.3 Å². The van der Waals surface area contributed by atoms with E-state index in [0.29, 0.717) is 24.2 Å². The predicted octanol–water partition coefficient (Wildman–Crippen LogP) is 3.59. The first kappa shape index (κ1) is 21.7. The summed E-state index contributed by atoms with van der Waals surface area (Å²) in [5.41, 5.74) is 1.84. The molecule has 3 rings (SSSR count). The Hall–Kier alpha value is -4.00. The second-order valence-corrected chi connectivity index (χ2v) is 6.67. The summed E-state index contributed by atoms with van der Waals surface area (Å²) in [7, 11) is 0. The maximum Gasteiger partial charge on any atom is 0.338 e. The first-order valence-corrected chi connectivity index (χ1v) is 9.66. The van der Waals surface area contributed by atoms with Crippen molar-refractivity contribution in [2.45, 2.75) is 6.42 Å². The molecule has 0 saturated carbocycles. The summed E-state index contributed by atoms with van der Waals surface area (Å²) in [5.74, 6) is -2.15. The van der Waals surface area contributed by atoms with Gasteiger partial charge in [0.05, 0.1) is 16.8 Å². The van der Waals surface area contributed by atoms with Gasteiger partial charge in [0, 0.05) is 6.54 Å². The number of nitrogens with one attached hydrogen (secondary N) is 2. The van der Waals surface area contributed by atoms with Crippen molar-refractivity contribution in [1.29, 1.82) is 0 Å². The van der Waals surface area contributed by atoms with Gasteiger partial charge in [-0.25, -0.2) is 9.18 Å². The highest BCUT2D eigenvalue weighted by atomic mass is 19.1. The molecule has 0 aliphatic carbocycles. The fourth-order valence-electron chi connectivity index (χ4n) is 2.84. The molecule has 0 radical (unpaired) electrons. The molecule has 0 aliphatic rings. The monoisotopic (exact) mass is 420 g/mol. The molecule has 158 valence electrons. The number of amides is 2. The van der Waals surface area contributed by atoms with Crippen molar-refractivity contribution < 1.29 is 23.5 Å². The van der Waals surface area contributed by atoms with Crippen LogP contribution in [0.3, 0.4) is 0 Å². The first-order chi connectivity index (χ1) is 15.0. The fraction of sp³-hybridized carbons (Fsp3) is 0.125. The largest absolute Gasteiger partial charge is 0.452 e. The Bertz CT molecular complexity index is 1050. The zero-order chi connectivity index (χ0) is 22.1. The van der Waals surface area contributed by atoms with Gasteiger partial charge in [0.1, 0.15) is 5.82 Å². The Morgan fingerprint density at radius 1 is 0.839 bits per heavy atom. The Morgan fingerprint density at radius 2 is 1.52 bits per heavy atom. The fourth-order valence-corrected chi connectivity index (χ4v) is 2.84. The van der Waals surface area contributed by atoms with Crippen LogP contribution in [0.2, 0.25) is 0 Å². The summed E-state index contributed by atoms with van der Waals surface area (Å²) >= 11 is 0. The lowest BCUT2D eigenvalue weighted by molar-refractivity contribution is -0.119. The van der Waals surface area contributed by atoms with Gasteiger partial charge < -0.3 is 15.4 Å². The number of carbonyl (C=O) groups excluding carboxylic acids is 3. The molecule has 6 nitrogen and oxygen atoms in total. The Kier molecular flexibility index (Phi) is 7.48. The van der Waals surface area contributed by atoms with Gasteiger partial charge in [-0.2, -0.15) is 0 Å². The zero-order valence-corrected chi connectivity index (χ0v) is 16.6. The van der Waals surface area contributed by atoms with Crippen molar-refractivity contribution >= 4 is 23.5 Å². The third-order valence-electron chi connectivity index (χ3n) is 4.40. The van der Waals surface area contributed by atoms with E-state index < -0.39 is 24.3 Å². The van der Waals surface area contributed by atoms with E-state index in [1.165, 1.54) is 12.1 Å². The lowest BCUT2D eigenvalue weighted by Crippen LogP contribution is -2.28. The number of hydrogen-bond acceptors (Lipinski definition) is 4. The number of ether oxygens (including phenoxy) is 1. The summed E-state index contributed by atoms with van der Waals surface area (Å²) in [6.07, 6.45) is 0.681. The SMILES string of the molecule is O=C(COC(=O)c1ccc(F)cc1)Nc1ccccc1C(=O)NCCc1ccccc1. The molecule has 7 heteroatoms. The number of rotatable bonds is 8. The van der Waals surface area contributed by atoms with Crippen LogP contribution in [0.5, 0.6) is 0 Å². The van der Waals surface area contributed by atoms with Crippen molar-refractivity contribution in [3.8, 4) is 0 Å². The van der Waals surface area contributed by atoms with Crippen molar-refractivity contribution in [3.05, 3.63) is 101 Å². The molecule has 0 atom stereocenters. The van der Waals surface area contributed by atoms with Gasteiger partial charge in [-0.3, -0.25) is 9.59 Å². The maximum atomic E-state index is 12.9. The van der Waals surface area contributed by atoms with Gasteiger partial charge in [0.15, 0.2) is 6.61 Å². The Morgan fingerprint density at radius 3 is 2.26 bits per heavy atom. The predicted molar refractivity (Wildman–Crippen MR) is 114 cm³/mol. The lowest BCUT2D eigenvalue weighted by atomic mass is 10.1. The smallest absolute Gasteiger partial charge is 0.338 e. The second kappa shape index (κ2) is 10.7. The van der Waals surface area contributed by atoms with Gasteiger partial charge in [0.2, 0.25) is 0 Å². The number of para-hydroxylation sites is 1. The highest BCUT2D eigenvalue weighted by Crippen LogP contribution is 2.15. The molecular weight excluding hydrogens is 399 g/mol. The number of benzene rings is 3. The zero-order valence-electron chi connectivity index (χ0n) is 16.6. The number of anilines is 1. The van der Waals surface area contributed by atoms with Crippen LogP contribution in [0, 0.1) is 5.82 Å². The van der Waals surface area contributed by atoms with E-state index >= 15 is 0 Å². The third-order valence-corrected chi connectivity index (χ3v) is 4.40. The standard InChI is InChI=1S/C24H21FN2O4/c25-19-12-10-18(11-13-19)24(30)31-16-22(28)27-21-9-5-4-8-20(21)23(29)26-15-14-17-6-2-1-3-7-17/h1-13H,14-16H2,(H,26,29)(H,27,28). The summed E-state index contributed by atoms with van der Waals surface area (Å²) in [5, 5.41) is 5.41. The second-order valence-electron chi connectivity index (χ2n) is 6.67. The molecule has 2 N–H and O–H groups in total. The average Bonchev–Trinajstić information content (AvgIpc) is 2.79. The number of halogens is 1. The Balaban J connectivity index is 1.53. The topological polar surface area (TPSA) is 84.5 Å². The van der Waals surface area contributed by atoms with Gasteiger partial charge in [-0.1, -0.05) is 42.5 Å². The van der Waals surface area contributed by atoms with E-state index in [1.807, 2.05) is 30.3 Å². The van der Waals surface area contributed by atoms with Crippen LogP contribution < -0.4 is 10.6 Å². The minimum atomic E-state index is -0.748. The highest BCUT2D eigenvalue weighted by Gasteiger charge is 2.15. The van der Waals surface area contributed by atoms with E-state index in [2.05, 4.69) is 10.6 Å². The number of carbonyl (C=O) groups is 3. The minimum Gasteiger partial charge on any atom is -0.452 e. The maximum absolute atomic E-state index is 12.9. The van der Waals surface area contributed by atoms with Crippen molar-refractivity contribution in [2.75, 3.05) is 18.5 Å². The van der Waals surface area contributed by atoms with Gasteiger partial charge in [-0.15, -0.1) is 0 Å². The molecular formula is C24H21FN2O4. The van der Waals surface area contributed by atoms with E-state index in [9.17, 15) is 18.8 Å². The van der Waals surface area contributed by atoms with Crippen LogP contribution in [-0.4, -0.2) is 30.9 Å². The molecule has 31 heavy (non-hydrogen) atoms. The number of esters is 1. The highest BCUT2D eigenvalue weighted by molar-refractivity contribution is 6.04. The summed E-state index contributed by atoms with van der Waals surface area (Å²) in [4.78, 5) is 36.7. The molecule has 3 aromatic rings. The van der Waals surface area contributed by atoms with Crippen LogP contribution in [0.4, 0.5) is 10.1 Å². The van der Waals surface area contributed by atoms with Gasteiger partial charge >= 0.3 is 5.97 Å². The molecule has 3 aromatic carbocycles. The minimum absolute atomic E-state index is 0.132. The van der Waals surface area contributed by atoms with Crippen LogP contribution in [-0.2, 0) is 16.0 Å². The molecule has 0 heterocycles. The molecule has 0 aliphatic heterocycles. The van der Waals surface area contributed by atoms with Crippen LogP contribution >= 0.6 is 0 Å². The van der Waals surface area contributed by atoms with Crippen LogP contribution in [0.15, 0.2) is 78.9 Å². The van der Waals surface area contributed by atoms with Gasteiger partial charge in [-0.05, 0) is 48.4 Å². The lowest BCUT2D eigenvalue weighted by Gasteiger charge is -2.12. The third kappa shape index (κ3) is 6.50. The summed E-state index contributed by atoms with van der Waals surface area (Å²) in [6, 6.07) is 21.1. The molecule has 2 amide bonds. The Labute approximate surface area is 179 Å². The quantitative estimate of drug-likeness (QED) is 0.546. The van der Waals surface area contributed by atoms with Crippen molar-refractivity contribution in [2.24, 2.45) is 0 Å². The van der Waals surface area contributed by atoms with E-state index in [4.69, 9.17) is 4.74 Å². The molecule has 0 aromatic heterocycles. The molecule has 0 unspecified atom stereocenters.